The van der Waals surface area contributed by atoms with Crippen LogP contribution in [0, 0.1) is 5.92 Å². The fraction of sp³-hybridized carbons (Fsp3) is 0.278. The van der Waals surface area contributed by atoms with E-state index in [9.17, 15) is 18.3 Å². The van der Waals surface area contributed by atoms with E-state index in [1.165, 1.54) is 12.1 Å². The molecule has 0 aromatic heterocycles. The van der Waals surface area contributed by atoms with Crippen molar-refractivity contribution in [1.82, 2.24) is 4.72 Å². The lowest BCUT2D eigenvalue weighted by molar-refractivity contribution is -0.139. The number of nitrogens with one attached hydrogen (secondary N) is 1. The minimum atomic E-state index is -3.88. The Kier molecular flexibility index (Phi) is 5.75. The molecule has 24 heavy (non-hydrogen) atoms. The Morgan fingerprint density at radius 1 is 1.00 bits per heavy atom. The lowest BCUT2D eigenvalue weighted by Crippen LogP contribution is -2.41. The van der Waals surface area contributed by atoms with Crippen LogP contribution in [0.1, 0.15) is 20.3 Å². The Bertz CT molecular complexity index is 784. The molecule has 2 rings (SSSR count). The van der Waals surface area contributed by atoms with Crippen LogP contribution in [0.4, 0.5) is 0 Å². The Morgan fingerprint density at radius 3 is 2.04 bits per heavy atom. The van der Waals surface area contributed by atoms with Crippen molar-refractivity contribution < 1.29 is 18.3 Å². The number of rotatable bonds is 7. The van der Waals surface area contributed by atoms with Crippen LogP contribution in [-0.2, 0) is 14.8 Å². The summed E-state index contributed by atoms with van der Waals surface area (Å²) < 4.78 is 27.1. The molecule has 0 spiro atoms. The molecule has 2 N–H and O–H groups in total. The van der Waals surface area contributed by atoms with Crippen LogP contribution in [0.5, 0.6) is 0 Å². The Labute approximate surface area is 142 Å². The third-order valence-electron chi connectivity index (χ3n) is 3.57. The molecule has 0 bridgehead atoms. The zero-order valence-corrected chi connectivity index (χ0v) is 14.5. The van der Waals surface area contributed by atoms with E-state index in [4.69, 9.17) is 0 Å². The third kappa shape index (κ3) is 4.66. The second-order valence-electron chi connectivity index (χ2n) is 6.03. The van der Waals surface area contributed by atoms with Gasteiger partial charge in [-0.2, -0.15) is 4.72 Å². The van der Waals surface area contributed by atoms with Crippen molar-refractivity contribution >= 4 is 16.0 Å². The first-order chi connectivity index (χ1) is 11.3. The SMILES string of the molecule is CC(C)C[C@@H](NS(=O)(=O)c1ccc(-c2ccccc2)cc1)C(=O)O. The predicted octanol–water partition coefficient (Wildman–Crippen LogP) is 3.13. The van der Waals surface area contributed by atoms with Crippen molar-refractivity contribution in [3.05, 3.63) is 54.6 Å². The van der Waals surface area contributed by atoms with E-state index in [1.54, 1.807) is 12.1 Å². The topological polar surface area (TPSA) is 83.5 Å². The van der Waals surface area contributed by atoms with Gasteiger partial charge in [0.15, 0.2) is 0 Å². The molecule has 0 radical (unpaired) electrons. The highest BCUT2D eigenvalue weighted by Gasteiger charge is 2.26. The van der Waals surface area contributed by atoms with E-state index in [0.29, 0.717) is 0 Å². The first-order valence-electron chi connectivity index (χ1n) is 7.70. The number of carboxylic acids is 1. The van der Waals surface area contributed by atoms with Crippen LogP contribution in [0.25, 0.3) is 11.1 Å². The molecule has 2 aromatic carbocycles. The Hall–Kier alpha value is -2.18. The number of hydrogen-bond acceptors (Lipinski definition) is 3. The number of aliphatic carboxylic acids is 1. The molecule has 0 amide bonds. The number of benzene rings is 2. The summed E-state index contributed by atoms with van der Waals surface area (Å²) in [5.74, 6) is -1.11. The zero-order chi connectivity index (χ0) is 17.7. The highest BCUT2D eigenvalue weighted by atomic mass is 32.2. The van der Waals surface area contributed by atoms with E-state index >= 15 is 0 Å². The molecule has 0 heterocycles. The summed E-state index contributed by atoms with van der Waals surface area (Å²) in [7, 11) is -3.88. The van der Waals surface area contributed by atoms with E-state index < -0.39 is 22.0 Å². The molecule has 0 saturated carbocycles. The molecule has 0 aliphatic heterocycles. The van der Waals surface area contributed by atoms with Crippen molar-refractivity contribution in [1.29, 1.82) is 0 Å². The van der Waals surface area contributed by atoms with Crippen LogP contribution >= 0.6 is 0 Å². The van der Waals surface area contributed by atoms with E-state index in [1.807, 2.05) is 44.2 Å². The lowest BCUT2D eigenvalue weighted by atomic mass is 10.1. The van der Waals surface area contributed by atoms with Gasteiger partial charge in [0.2, 0.25) is 10.0 Å². The second kappa shape index (κ2) is 7.59. The van der Waals surface area contributed by atoms with Gasteiger partial charge in [-0.15, -0.1) is 0 Å². The number of carboxylic acid groups (broad SMARTS) is 1. The Balaban J connectivity index is 2.21. The predicted molar refractivity (Wildman–Crippen MR) is 93.1 cm³/mol. The molecule has 0 fully saturated rings. The smallest absolute Gasteiger partial charge is 0.321 e. The summed E-state index contributed by atoms with van der Waals surface area (Å²) in [4.78, 5) is 11.3. The summed E-state index contributed by atoms with van der Waals surface area (Å²) in [6.07, 6.45) is 0.233. The maximum Gasteiger partial charge on any atom is 0.321 e. The van der Waals surface area contributed by atoms with E-state index in [2.05, 4.69) is 4.72 Å². The zero-order valence-electron chi connectivity index (χ0n) is 13.6. The minimum absolute atomic E-state index is 0.0530. The second-order valence-corrected chi connectivity index (χ2v) is 7.75. The number of hydrogen-bond donors (Lipinski definition) is 2. The molecule has 0 aliphatic carbocycles. The normalized spacial score (nSPS) is 13.0. The van der Waals surface area contributed by atoms with Crippen molar-refractivity contribution in [2.45, 2.75) is 31.2 Å². The molecule has 2 aromatic rings. The van der Waals surface area contributed by atoms with Crippen molar-refractivity contribution in [3.63, 3.8) is 0 Å². The van der Waals surface area contributed by atoms with Gasteiger partial charge in [-0.3, -0.25) is 4.79 Å². The van der Waals surface area contributed by atoms with Gasteiger partial charge in [-0.1, -0.05) is 56.3 Å². The summed E-state index contributed by atoms with van der Waals surface area (Å²) in [6.45, 7) is 3.69. The molecule has 128 valence electrons. The van der Waals surface area contributed by atoms with Crippen LogP contribution in [0.2, 0.25) is 0 Å². The van der Waals surface area contributed by atoms with Crippen LogP contribution < -0.4 is 4.72 Å². The van der Waals surface area contributed by atoms with Crippen LogP contribution in [0.15, 0.2) is 59.5 Å². The molecule has 6 heteroatoms. The first-order valence-corrected chi connectivity index (χ1v) is 9.18. The number of sulfonamides is 1. The van der Waals surface area contributed by atoms with Gasteiger partial charge < -0.3 is 5.11 Å². The quantitative estimate of drug-likeness (QED) is 0.806. The summed E-state index contributed by atoms with van der Waals surface area (Å²) >= 11 is 0. The van der Waals surface area contributed by atoms with Crippen LogP contribution in [-0.4, -0.2) is 25.5 Å². The van der Waals surface area contributed by atoms with Crippen molar-refractivity contribution in [2.24, 2.45) is 5.92 Å². The molecular formula is C18H21NO4S. The van der Waals surface area contributed by atoms with Gasteiger partial charge in [0.25, 0.3) is 0 Å². The average Bonchev–Trinajstić information content (AvgIpc) is 2.54. The summed E-state index contributed by atoms with van der Waals surface area (Å²) in [5.41, 5.74) is 1.88. The molecule has 1 atom stereocenters. The van der Waals surface area contributed by atoms with Gasteiger partial charge >= 0.3 is 5.97 Å². The maximum absolute atomic E-state index is 12.4. The standard InChI is InChI=1S/C18H21NO4S/c1-13(2)12-17(18(20)21)19-24(22,23)16-10-8-15(9-11-16)14-6-4-3-5-7-14/h3-11,13,17,19H,12H2,1-2H3,(H,20,21)/t17-/m1/s1. The molecule has 0 aliphatic rings. The monoisotopic (exact) mass is 347 g/mol. The average molecular weight is 347 g/mol. The van der Waals surface area contributed by atoms with E-state index in [0.717, 1.165) is 11.1 Å². The maximum atomic E-state index is 12.4. The van der Waals surface area contributed by atoms with Gasteiger partial charge in [0.05, 0.1) is 4.90 Å². The van der Waals surface area contributed by atoms with Gasteiger partial charge in [0, 0.05) is 0 Å². The fourth-order valence-corrected chi connectivity index (χ4v) is 3.59. The van der Waals surface area contributed by atoms with Gasteiger partial charge in [0.1, 0.15) is 6.04 Å². The van der Waals surface area contributed by atoms with Gasteiger partial charge in [-0.05, 0) is 35.6 Å². The molecule has 0 saturated heterocycles. The van der Waals surface area contributed by atoms with Crippen molar-refractivity contribution in [2.75, 3.05) is 0 Å². The molecular weight excluding hydrogens is 326 g/mol. The molecule has 5 nitrogen and oxygen atoms in total. The summed E-state index contributed by atoms with van der Waals surface area (Å²) in [5, 5.41) is 9.20. The Morgan fingerprint density at radius 2 is 1.54 bits per heavy atom. The van der Waals surface area contributed by atoms with E-state index in [-0.39, 0.29) is 17.2 Å². The lowest BCUT2D eigenvalue weighted by Gasteiger charge is -2.16. The van der Waals surface area contributed by atoms with Crippen molar-refractivity contribution in [3.8, 4) is 11.1 Å². The largest absolute Gasteiger partial charge is 0.480 e. The van der Waals surface area contributed by atoms with Gasteiger partial charge in [-0.25, -0.2) is 8.42 Å². The van der Waals surface area contributed by atoms with Crippen LogP contribution in [0.3, 0.4) is 0 Å². The highest BCUT2D eigenvalue weighted by molar-refractivity contribution is 7.89. The fourth-order valence-electron chi connectivity index (χ4n) is 2.38. The third-order valence-corrected chi connectivity index (χ3v) is 5.06. The molecule has 0 unspecified atom stereocenters. The summed E-state index contributed by atoms with van der Waals surface area (Å²) in [6, 6.07) is 14.9. The first kappa shape index (κ1) is 18.2. The number of carbonyl (C=O) groups is 1. The highest BCUT2D eigenvalue weighted by Crippen LogP contribution is 2.21. The minimum Gasteiger partial charge on any atom is -0.480 e.